The Bertz CT molecular complexity index is 485. The van der Waals surface area contributed by atoms with Gasteiger partial charge in [0.05, 0.1) is 2.88 Å². The number of hydrogen-bond acceptors (Lipinski definition) is 4. The molecule has 0 fully saturated rings. The van der Waals surface area contributed by atoms with Gasteiger partial charge in [0.1, 0.15) is 0 Å². The molecule has 0 aliphatic carbocycles. The summed E-state index contributed by atoms with van der Waals surface area (Å²) in [5.41, 5.74) is 6.90. The summed E-state index contributed by atoms with van der Waals surface area (Å²) in [6.45, 7) is 0. The molecule has 0 spiro atoms. The summed E-state index contributed by atoms with van der Waals surface area (Å²) in [6, 6.07) is 5.42. The molecule has 2 rings (SSSR count). The summed E-state index contributed by atoms with van der Waals surface area (Å²) in [5.74, 6) is 0. The van der Waals surface area contributed by atoms with Crippen LogP contribution in [0.3, 0.4) is 0 Å². The van der Waals surface area contributed by atoms with Crippen LogP contribution in [0, 0.1) is 2.88 Å². The van der Waals surface area contributed by atoms with E-state index in [1.165, 1.54) is 11.3 Å². The third kappa shape index (κ3) is 1.62. The number of halogens is 1. The minimum atomic E-state index is -1.42. The lowest BCUT2D eigenvalue weighted by Crippen LogP contribution is -2.30. The maximum absolute atomic E-state index is 9.19. The molecule has 2 aromatic rings. The fourth-order valence-corrected chi connectivity index (χ4v) is 3.63. The predicted octanol–water partition coefficient (Wildman–Crippen LogP) is 0.768. The Morgan fingerprint density at radius 2 is 2.07 bits per heavy atom. The van der Waals surface area contributed by atoms with Crippen molar-refractivity contribution in [2.45, 2.75) is 0 Å². The molecule has 0 atom stereocenters. The van der Waals surface area contributed by atoms with Gasteiger partial charge in [0.2, 0.25) is 0 Å². The van der Waals surface area contributed by atoms with Gasteiger partial charge in [-0.3, -0.25) is 0 Å². The van der Waals surface area contributed by atoms with E-state index in [2.05, 4.69) is 22.6 Å². The van der Waals surface area contributed by atoms with Crippen LogP contribution in [0.1, 0.15) is 0 Å². The van der Waals surface area contributed by atoms with Crippen LogP contribution in [0.15, 0.2) is 18.2 Å². The average molecular weight is 319 g/mol. The van der Waals surface area contributed by atoms with E-state index in [-0.39, 0.29) is 0 Å². The van der Waals surface area contributed by atoms with Crippen LogP contribution in [-0.4, -0.2) is 17.2 Å². The maximum Gasteiger partial charge on any atom is 0.491 e. The number of hydrogen-bond donors (Lipinski definition) is 3. The van der Waals surface area contributed by atoms with Crippen LogP contribution >= 0.6 is 33.9 Å². The molecule has 0 amide bonds. The molecule has 0 aliphatic heterocycles. The Hall–Kier alpha value is -0.305. The lowest BCUT2D eigenvalue weighted by Gasteiger charge is -1.98. The van der Waals surface area contributed by atoms with Crippen molar-refractivity contribution in [2.24, 2.45) is 0 Å². The highest BCUT2D eigenvalue weighted by molar-refractivity contribution is 14.1. The van der Waals surface area contributed by atoms with Crippen molar-refractivity contribution in [3.8, 4) is 0 Å². The lowest BCUT2D eigenvalue weighted by molar-refractivity contribution is 0.426. The molecular formula is C8H7BINO2S. The summed E-state index contributed by atoms with van der Waals surface area (Å²) in [7, 11) is -1.42. The van der Waals surface area contributed by atoms with Gasteiger partial charge in [0.15, 0.2) is 0 Å². The van der Waals surface area contributed by atoms with Crippen molar-refractivity contribution in [3.63, 3.8) is 0 Å². The average Bonchev–Trinajstić information content (AvgIpc) is 2.39. The molecule has 0 saturated carbocycles. The van der Waals surface area contributed by atoms with Crippen LogP contribution in [0.5, 0.6) is 0 Å². The van der Waals surface area contributed by atoms with Crippen LogP contribution in [-0.2, 0) is 0 Å². The van der Waals surface area contributed by atoms with Crippen LogP contribution in [0.25, 0.3) is 10.1 Å². The van der Waals surface area contributed by atoms with Gasteiger partial charge in [-0.2, -0.15) is 0 Å². The van der Waals surface area contributed by atoms with Gasteiger partial charge >= 0.3 is 7.12 Å². The van der Waals surface area contributed by atoms with E-state index in [1.807, 2.05) is 12.1 Å². The highest BCUT2D eigenvalue weighted by atomic mass is 127. The summed E-state index contributed by atoms with van der Waals surface area (Å²) in [6.07, 6.45) is 0. The molecular weight excluding hydrogens is 312 g/mol. The number of rotatable bonds is 1. The van der Waals surface area contributed by atoms with Gasteiger partial charge in [-0.25, -0.2) is 0 Å². The van der Waals surface area contributed by atoms with E-state index in [1.54, 1.807) is 6.07 Å². The molecule has 0 unspecified atom stereocenters. The number of nitrogen functional groups attached to an aromatic ring is 1. The zero-order valence-electron chi connectivity index (χ0n) is 7.07. The molecule has 72 valence electrons. The molecule has 0 bridgehead atoms. The number of thiophene rings is 1. The first-order chi connectivity index (χ1) is 6.59. The van der Waals surface area contributed by atoms with Crippen LogP contribution in [0.4, 0.5) is 5.69 Å². The third-order valence-electron chi connectivity index (χ3n) is 1.97. The van der Waals surface area contributed by atoms with Crippen molar-refractivity contribution < 1.29 is 10.0 Å². The predicted molar refractivity (Wildman–Crippen MR) is 68.8 cm³/mol. The molecule has 1 heterocycles. The van der Waals surface area contributed by atoms with Gasteiger partial charge in [-0.05, 0) is 40.1 Å². The van der Waals surface area contributed by atoms with Crippen molar-refractivity contribution >= 4 is 62.3 Å². The van der Waals surface area contributed by atoms with Gasteiger partial charge < -0.3 is 15.8 Å². The molecule has 1 aromatic carbocycles. The topological polar surface area (TPSA) is 66.5 Å². The van der Waals surface area contributed by atoms with Gasteiger partial charge in [0.25, 0.3) is 0 Å². The Morgan fingerprint density at radius 1 is 1.36 bits per heavy atom. The monoisotopic (exact) mass is 319 g/mol. The minimum absolute atomic E-state index is 0.575. The van der Waals surface area contributed by atoms with Crippen molar-refractivity contribution in [1.82, 2.24) is 0 Å². The maximum atomic E-state index is 9.19. The zero-order valence-corrected chi connectivity index (χ0v) is 10.0. The summed E-state index contributed by atoms with van der Waals surface area (Å²) < 4.78 is 1.87. The first kappa shape index (κ1) is 10.2. The molecule has 6 heteroatoms. The molecule has 3 nitrogen and oxygen atoms in total. The van der Waals surface area contributed by atoms with Gasteiger partial charge in [-0.1, -0.05) is 6.07 Å². The van der Waals surface area contributed by atoms with Gasteiger partial charge in [0, 0.05) is 15.9 Å². The number of nitrogens with two attached hydrogens (primary N) is 1. The highest BCUT2D eigenvalue weighted by Crippen LogP contribution is 2.26. The zero-order chi connectivity index (χ0) is 10.3. The number of fused-ring (bicyclic) bond motifs is 1. The third-order valence-corrected chi connectivity index (χ3v) is 4.16. The Kier molecular flexibility index (Phi) is 2.69. The summed E-state index contributed by atoms with van der Waals surface area (Å²) >= 11 is 3.61. The first-order valence-corrected chi connectivity index (χ1v) is 5.82. The Labute approximate surface area is 98.8 Å². The van der Waals surface area contributed by atoms with Crippen LogP contribution < -0.4 is 11.2 Å². The molecule has 1 aromatic heterocycles. The molecule has 4 N–H and O–H groups in total. The van der Waals surface area contributed by atoms with Crippen molar-refractivity contribution in [3.05, 3.63) is 21.1 Å². The molecule has 0 aliphatic rings. The smallest absolute Gasteiger partial charge is 0.423 e. The lowest BCUT2D eigenvalue weighted by atomic mass is 9.80. The summed E-state index contributed by atoms with van der Waals surface area (Å²) in [5, 5.41) is 19.2. The Balaban J connectivity index is 2.77. The second kappa shape index (κ2) is 3.69. The minimum Gasteiger partial charge on any atom is -0.423 e. The first-order valence-electron chi connectivity index (χ1n) is 3.93. The normalized spacial score (nSPS) is 10.8. The van der Waals surface area contributed by atoms with E-state index < -0.39 is 7.12 Å². The van der Waals surface area contributed by atoms with Gasteiger partial charge in [-0.15, -0.1) is 11.3 Å². The van der Waals surface area contributed by atoms with E-state index >= 15 is 0 Å². The second-order valence-electron chi connectivity index (χ2n) is 2.92. The fraction of sp³-hybridized carbons (Fsp3) is 0. The van der Waals surface area contributed by atoms with E-state index in [4.69, 9.17) is 5.73 Å². The second-order valence-corrected chi connectivity index (χ2v) is 5.78. The standard InChI is InChI=1S/C8H7BINO2S/c10-8-7(9(12)13)5-2-1-4(11)3-6(5)14-8/h1-3,12-13H,11H2. The largest absolute Gasteiger partial charge is 0.491 e. The summed E-state index contributed by atoms with van der Waals surface area (Å²) in [4.78, 5) is 0. The molecule has 0 saturated heterocycles. The van der Waals surface area contributed by atoms with E-state index in [0.717, 1.165) is 13.0 Å². The van der Waals surface area contributed by atoms with E-state index in [0.29, 0.717) is 11.2 Å². The SMILES string of the molecule is Nc1ccc2c(B(O)O)c(I)sc2c1. The Morgan fingerprint density at radius 3 is 2.71 bits per heavy atom. The fourth-order valence-electron chi connectivity index (χ4n) is 1.34. The molecule has 14 heavy (non-hydrogen) atoms. The van der Waals surface area contributed by atoms with Crippen molar-refractivity contribution in [2.75, 3.05) is 5.73 Å². The quantitative estimate of drug-likeness (QED) is 0.413. The van der Waals surface area contributed by atoms with Crippen molar-refractivity contribution in [1.29, 1.82) is 0 Å². The van der Waals surface area contributed by atoms with Crippen LogP contribution in [0.2, 0.25) is 0 Å². The van der Waals surface area contributed by atoms with E-state index in [9.17, 15) is 10.0 Å². The molecule has 0 radical (unpaired) electrons. The number of anilines is 1. The number of benzene rings is 1. The highest BCUT2D eigenvalue weighted by Gasteiger charge is 2.20.